The summed E-state index contributed by atoms with van der Waals surface area (Å²) in [5, 5.41) is 3.77. The lowest BCUT2D eigenvalue weighted by atomic mass is 9.83. The van der Waals surface area contributed by atoms with Crippen LogP contribution in [0.15, 0.2) is 0 Å². The maximum absolute atomic E-state index is 3.77. The predicted molar refractivity (Wildman–Crippen MR) is 78.9 cm³/mol. The van der Waals surface area contributed by atoms with Crippen molar-refractivity contribution in [2.75, 3.05) is 26.2 Å². The third kappa shape index (κ3) is 4.55. The van der Waals surface area contributed by atoms with Crippen molar-refractivity contribution < 1.29 is 0 Å². The van der Waals surface area contributed by atoms with Gasteiger partial charge in [0.1, 0.15) is 0 Å². The second-order valence-electron chi connectivity index (χ2n) is 7.42. The van der Waals surface area contributed by atoms with Gasteiger partial charge in [-0.1, -0.05) is 20.8 Å². The molecule has 0 aromatic heterocycles. The van der Waals surface area contributed by atoms with Gasteiger partial charge in [0.15, 0.2) is 0 Å². The fourth-order valence-electron chi connectivity index (χ4n) is 3.27. The Morgan fingerprint density at radius 1 is 1.06 bits per heavy atom. The van der Waals surface area contributed by atoms with Gasteiger partial charge in [0.05, 0.1) is 0 Å². The van der Waals surface area contributed by atoms with E-state index in [1.165, 1.54) is 64.7 Å². The van der Waals surface area contributed by atoms with E-state index in [0.29, 0.717) is 5.41 Å². The normalized spacial score (nSPS) is 33.5. The highest BCUT2D eigenvalue weighted by Crippen LogP contribution is 2.29. The average molecular weight is 252 g/mol. The van der Waals surface area contributed by atoms with E-state index in [1.807, 2.05) is 0 Å². The first-order valence-corrected chi connectivity index (χ1v) is 8.01. The van der Waals surface area contributed by atoms with Gasteiger partial charge in [-0.05, 0) is 62.9 Å². The molecule has 0 spiro atoms. The summed E-state index contributed by atoms with van der Waals surface area (Å²) in [7, 11) is 0. The Balaban J connectivity index is 1.56. The lowest BCUT2D eigenvalue weighted by molar-refractivity contribution is 0.131. The molecule has 0 radical (unpaired) electrons. The third-order valence-electron chi connectivity index (χ3n) is 5.09. The van der Waals surface area contributed by atoms with E-state index in [9.17, 15) is 0 Å². The SMILES string of the molecule is CC1CCC(NCCN2CCC(C)(C)CC2)CC1. The van der Waals surface area contributed by atoms with E-state index >= 15 is 0 Å². The van der Waals surface area contributed by atoms with Crippen LogP contribution in [0.5, 0.6) is 0 Å². The van der Waals surface area contributed by atoms with E-state index < -0.39 is 0 Å². The topological polar surface area (TPSA) is 15.3 Å². The van der Waals surface area contributed by atoms with Crippen LogP contribution in [-0.4, -0.2) is 37.1 Å². The number of nitrogens with one attached hydrogen (secondary N) is 1. The summed E-state index contributed by atoms with van der Waals surface area (Å²) in [6, 6.07) is 0.808. The molecule has 0 unspecified atom stereocenters. The summed E-state index contributed by atoms with van der Waals surface area (Å²) < 4.78 is 0. The van der Waals surface area contributed by atoms with Gasteiger partial charge in [0, 0.05) is 19.1 Å². The Labute approximate surface area is 114 Å². The van der Waals surface area contributed by atoms with E-state index in [0.717, 1.165) is 12.0 Å². The van der Waals surface area contributed by atoms with Crippen molar-refractivity contribution in [3.8, 4) is 0 Å². The highest BCUT2D eigenvalue weighted by molar-refractivity contribution is 4.80. The van der Waals surface area contributed by atoms with E-state index in [1.54, 1.807) is 0 Å². The minimum absolute atomic E-state index is 0.587. The molecule has 0 amide bonds. The minimum Gasteiger partial charge on any atom is -0.313 e. The zero-order chi connectivity index (χ0) is 13.0. The Morgan fingerprint density at radius 3 is 2.28 bits per heavy atom. The van der Waals surface area contributed by atoms with Crippen LogP contribution in [-0.2, 0) is 0 Å². The highest BCUT2D eigenvalue weighted by atomic mass is 15.1. The van der Waals surface area contributed by atoms with E-state index in [4.69, 9.17) is 0 Å². The molecule has 2 heteroatoms. The molecular formula is C16H32N2. The van der Waals surface area contributed by atoms with Gasteiger partial charge in [0.2, 0.25) is 0 Å². The molecule has 0 atom stereocenters. The molecule has 1 aliphatic carbocycles. The van der Waals surface area contributed by atoms with Crippen molar-refractivity contribution >= 4 is 0 Å². The highest BCUT2D eigenvalue weighted by Gasteiger charge is 2.25. The minimum atomic E-state index is 0.587. The number of likely N-dealkylation sites (tertiary alicyclic amines) is 1. The van der Waals surface area contributed by atoms with Crippen molar-refractivity contribution in [3.63, 3.8) is 0 Å². The average Bonchev–Trinajstić information content (AvgIpc) is 2.34. The molecular weight excluding hydrogens is 220 g/mol. The van der Waals surface area contributed by atoms with Crippen LogP contribution >= 0.6 is 0 Å². The lowest BCUT2D eigenvalue weighted by Gasteiger charge is -2.37. The maximum Gasteiger partial charge on any atom is 0.0107 e. The molecule has 1 saturated heterocycles. The Bertz CT molecular complexity index is 231. The smallest absolute Gasteiger partial charge is 0.0107 e. The van der Waals surface area contributed by atoms with Gasteiger partial charge < -0.3 is 10.2 Å². The van der Waals surface area contributed by atoms with Crippen LogP contribution in [0.2, 0.25) is 0 Å². The fourth-order valence-corrected chi connectivity index (χ4v) is 3.27. The van der Waals surface area contributed by atoms with Crippen LogP contribution in [0.25, 0.3) is 0 Å². The molecule has 2 fully saturated rings. The Hall–Kier alpha value is -0.0800. The zero-order valence-electron chi connectivity index (χ0n) is 12.7. The molecule has 106 valence electrons. The second kappa shape index (κ2) is 6.38. The predicted octanol–water partition coefficient (Wildman–Crippen LogP) is 3.28. The first-order valence-electron chi connectivity index (χ1n) is 8.01. The fraction of sp³-hybridized carbons (Fsp3) is 1.00. The second-order valence-corrected chi connectivity index (χ2v) is 7.42. The molecule has 1 heterocycles. The first kappa shape index (κ1) is 14.3. The number of nitrogens with zero attached hydrogens (tertiary/aromatic N) is 1. The molecule has 1 aliphatic heterocycles. The van der Waals surface area contributed by atoms with Gasteiger partial charge in [-0.3, -0.25) is 0 Å². The summed E-state index contributed by atoms with van der Waals surface area (Å²) in [6.07, 6.45) is 8.38. The molecule has 2 nitrogen and oxygen atoms in total. The summed E-state index contributed by atoms with van der Waals surface area (Å²) >= 11 is 0. The zero-order valence-corrected chi connectivity index (χ0v) is 12.7. The number of piperidine rings is 1. The Morgan fingerprint density at radius 2 is 1.67 bits per heavy atom. The Kier molecular flexibility index (Phi) is 5.08. The number of hydrogen-bond donors (Lipinski definition) is 1. The third-order valence-corrected chi connectivity index (χ3v) is 5.09. The number of hydrogen-bond acceptors (Lipinski definition) is 2. The quantitative estimate of drug-likeness (QED) is 0.826. The van der Waals surface area contributed by atoms with Crippen molar-refractivity contribution in [3.05, 3.63) is 0 Å². The van der Waals surface area contributed by atoms with Crippen molar-refractivity contribution in [2.45, 2.75) is 65.3 Å². The van der Waals surface area contributed by atoms with Crippen LogP contribution in [0.1, 0.15) is 59.3 Å². The summed E-state index contributed by atoms with van der Waals surface area (Å²) in [5.74, 6) is 0.965. The summed E-state index contributed by atoms with van der Waals surface area (Å²) in [4.78, 5) is 2.64. The summed E-state index contributed by atoms with van der Waals surface area (Å²) in [6.45, 7) is 12.3. The molecule has 0 aromatic carbocycles. The van der Waals surface area contributed by atoms with Crippen molar-refractivity contribution in [2.24, 2.45) is 11.3 Å². The molecule has 18 heavy (non-hydrogen) atoms. The van der Waals surface area contributed by atoms with Gasteiger partial charge in [-0.25, -0.2) is 0 Å². The van der Waals surface area contributed by atoms with Crippen molar-refractivity contribution in [1.82, 2.24) is 10.2 Å². The van der Waals surface area contributed by atoms with Gasteiger partial charge in [-0.15, -0.1) is 0 Å². The number of rotatable bonds is 4. The molecule has 2 rings (SSSR count). The molecule has 0 aromatic rings. The largest absolute Gasteiger partial charge is 0.313 e. The van der Waals surface area contributed by atoms with Crippen LogP contribution in [0, 0.1) is 11.3 Å². The maximum atomic E-state index is 3.77. The monoisotopic (exact) mass is 252 g/mol. The van der Waals surface area contributed by atoms with Crippen LogP contribution in [0.3, 0.4) is 0 Å². The van der Waals surface area contributed by atoms with Gasteiger partial charge >= 0.3 is 0 Å². The van der Waals surface area contributed by atoms with Gasteiger partial charge in [-0.2, -0.15) is 0 Å². The van der Waals surface area contributed by atoms with Crippen LogP contribution in [0.4, 0.5) is 0 Å². The van der Waals surface area contributed by atoms with Gasteiger partial charge in [0.25, 0.3) is 0 Å². The first-order chi connectivity index (χ1) is 8.55. The van der Waals surface area contributed by atoms with Crippen LogP contribution < -0.4 is 5.32 Å². The van der Waals surface area contributed by atoms with Crippen molar-refractivity contribution in [1.29, 1.82) is 0 Å². The molecule has 1 saturated carbocycles. The molecule has 1 N–H and O–H groups in total. The molecule has 2 aliphatic rings. The van der Waals surface area contributed by atoms with E-state index in [-0.39, 0.29) is 0 Å². The molecule has 0 bridgehead atoms. The lowest BCUT2D eigenvalue weighted by Crippen LogP contribution is -2.43. The van der Waals surface area contributed by atoms with E-state index in [2.05, 4.69) is 31.0 Å². The standard InChI is InChI=1S/C16H32N2/c1-14-4-6-15(7-5-14)17-10-13-18-11-8-16(2,3)9-12-18/h14-15,17H,4-13H2,1-3H3. The summed E-state index contributed by atoms with van der Waals surface area (Å²) in [5.41, 5.74) is 0.587.